The number of benzene rings is 1. The van der Waals surface area contributed by atoms with Crippen LogP contribution in [0.3, 0.4) is 0 Å². The second-order valence-corrected chi connectivity index (χ2v) is 4.54. The minimum absolute atomic E-state index is 0.383. The molecule has 1 rings (SSSR count). The molecule has 0 aliphatic heterocycles. The van der Waals surface area contributed by atoms with Crippen LogP contribution in [0.2, 0.25) is 5.02 Å². The van der Waals surface area contributed by atoms with Crippen LogP contribution in [0.5, 0.6) is 0 Å². The zero-order chi connectivity index (χ0) is 12.0. The van der Waals surface area contributed by atoms with Gasteiger partial charge in [-0.3, -0.25) is 0 Å². The van der Waals surface area contributed by atoms with Gasteiger partial charge in [-0.2, -0.15) is 0 Å². The molecule has 1 atom stereocenters. The first-order chi connectivity index (χ1) is 7.74. The van der Waals surface area contributed by atoms with Gasteiger partial charge in [0.25, 0.3) is 0 Å². The Labute approximate surface area is 104 Å². The van der Waals surface area contributed by atoms with Crippen molar-refractivity contribution in [1.29, 1.82) is 0 Å². The Bertz CT molecular complexity index is 307. The number of halogens is 1. The van der Waals surface area contributed by atoms with Gasteiger partial charge in [-0.05, 0) is 24.1 Å². The fourth-order valence-electron chi connectivity index (χ4n) is 2.24. The van der Waals surface area contributed by atoms with E-state index in [4.69, 9.17) is 11.6 Å². The fourth-order valence-corrected chi connectivity index (χ4v) is 2.49. The minimum Gasteiger partial charge on any atom is -0.310 e. The molecule has 90 valence electrons. The molecule has 0 fully saturated rings. The van der Waals surface area contributed by atoms with E-state index in [0.717, 1.165) is 11.6 Å². The average Bonchev–Trinajstić information content (AvgIpc) is 2.30. The monoisotopic (exact) mass is 239 g/mol. The predicted molar refractivity (Wildman–Crippen MR) is 71.9 cm³/mol. The van der Waals surface area contributed by atoms with Gasteiger partial charge in [-0.25, -0.2) is 0 Å². The van der Waals surface area contributed by atoms with Crippen molar-refractivity contribution in [3.8, 4) is 0 Å². The summed E-state index contributed by atoms with van der Waals surface area (Å²) in [6.45, 7) is 7.61. The lowest BCUT2D eigenvalue weighted by Gasteiger charge is -2.27. The molecule has 0 aliphatic rings. The standard InChI is InChI=1S/C14H22ClN/c1-4-11(5-2)14(16-6-3)12-9-7-8-10-13(12)15/h7-11,14,16H,4-6H2,1-3H3. The van der Waals surface area contributed by atoms with Crippen LogP contribution in [-0.2, 0) is 0 Å². The highest BCUT2D eigenvalue weighted by molar-refractivity contribution is 6.31. The summed E-state index contributed by atoms with van der Waals surface area (Å²) in [6, 6.07) is 8.54. The first-order valence-electron chi connectivity index (χ1n) is 6.22. The van der Waals surface area contributed by atoms with E-state index in [0.29, 0.717) is 12.0 Å². The highest BCUT2D eigenvalue weighted by Crippen LogP contribution is 2.31. The maximum atomic E-state index is 6.27. The molecule has 1 aromatic rings. The van der Waals surface area contributed by atoms with E-state index >= 15 is 0 Å². The van der Waals surface area contributed by atoms with Crippen molar-refractivity contribution in [3.63, 3.8) is 0 Å². The molecule has 1 aromatic carbocycles. The Hall–Kier alpha value is -0.530. The van der Waals surface area contributed by atoms with Gasteiger partial charge in [-0.15, -0.1) is 0 Å². The molecule has 1 nitrogen and oxygen atoms in total. The van der Waals surface area contributed by atoms with Crippen molar-refractivity contribution in [2.45, 2.75) is 39.7 Å². The van der Waals surface area contributed by atoms with Crippen LogP contribution in [0.4, 0.5) is 0 Å². The molecule has 0 bridgehead atoms. The maximum Gasteiger partial charge on any atom is 0.0453 e. The molecular weight excluding hydrogens is 218 g/mol. The molecule has 1 unspecified atom stereocenters. The third-order valence-corrected chi connectivity index (χ3v) is 3.53. The van der Waals surface area contributed by atoms with Crippen LogP contribution in [-0.4, -0.2) is 6.54 Å². The third-order valence-electron chi connectivity index (χ3n) is 3.18. The molecule has 0 amide bonds. The lowest BCUT2D eigenvalue weighted by molar-refractivity contribution is 0.346. The van der Waals surface area contributed by atoms with Crippen molar-refractivity contribution in [3.05, 3.63) is 34.9 Å². The number of hydrogen-bond acceptors (Lipinski definition) is 1. The number of nitrogens with one attached hydrogen (secondary N) is 1. The van der Waals surface area contributed by atoms with Gasteiger partial charge in [0.2, 0.25) is 0 Å². The smallest absolute Gasteiger partial charge is 0.0453 e. The summed E-state index contributed by atoms with van der Waals surface area (Å²) < 4.78 is 0. The highest BCUT2D eigenvalue weighted by Gasteiger charge is 2.20. The molecule has 16 heavy (non-hydrogen) atoms. The van der Waals surface area contributed by atoms with E-state index in [1.54, 1.807) is 0 Å². The summed E-state index contributed by atoms with van der Waals surface area (Å²) in [7, 11) is 0. The van der Waals surface area contributed by atoms with Crippen LogP contribution >= 0.6 is 11.6 Å². The lowest BCUT2D eigenvalue weighted by Crippen LogP contribution is -2.28. The number of hydrogen-bond donors (Lipinski definition) is 1. The van der Waals surface area contributed by atoms with E-state index in [1.165, 1.54) is 18.4 Å². The van der Waals surface area contributed by atoms with Crippen LogP contribution in [0.1, 0.15) is 45.2 Å². The van der Waals surface area contributed by atoms with Crippen molar-refractivity contribution in [2.24, 2.45) is 5.92 Å². The van der Waals surface area contributed by atoms with E-state index < -0.39 is 0 Å². The second-order valence-electron chi connectivity index (χ2n) is 4.13. The fraction of sp³-hybridized carbons (Fsp3) is 0.571. The first kappa shape index (κ1) is 13.5. The van der Waals surface area contributed by atoms with Crippen molar-refractivity contribution in [2.75, 3.05) is 6.54 Å². The van der Waals surface area contributed by atoms with Crippen molar-refractivity contribution >= 4 is 11.6 Å². The van der Waals surface area contributed by atoms with Crippen molar-refractivity contribution < 1.29 is 0 Å². The summed E-state index contributed by atoms with van der Waals surface area (Å²) in [5, 5.41) is 4.43. The lowest BCUT2D eigenvalue weighted by atomic mass is 9.89. The van der Waals surface area contributed by atoms with E-state index in [2.05, 4.69) is 38.2 Å². The summed E-state index contributed by atoms with van der Waals surface area (Å²) in [5.74, 6) is 0.653. The summed E-state index contributed by atoms with van der Waals surface area (Å²) >= 11 is 6.27. The van der Waals surface area contributed by atoms with E-state index in [-0.39, 0.29) is 0 Å². The summed E-state index contributed by atoms with van der Waals surface area (Å²) in [5.41, 5.74) is 1.24. The van der Waals surface area contributed by atoms with Crippen LogP contribution in [0.15, 0.2) is 24.3 Å². The largest absolute Gasteiger partial charge is 0.310 e. The summed E-state index contributed by atoms with van der Waals surface area (Å²) in [4.78, 5) is 0. The van der Waals surface area contributed by atoms with Gasteiger partial charge < -0.3 is 5.32 Å². The normalized spacial score (nSPS) is 13.1. The molecule has 0 aromatic heterocycles. The Kier molecular flexibility index (Phi) is 5.86. The minimum atomic E-state index is 0.383. The van der Waals surface area contributed by atoms with Gasteiger partial charge in [0.15, 0.2) is 0 Å². The second kappa shape index (κ2) is 6.93. The molecule has 0 saturated heterocycles. The third kappa shape index (κ3) is 3.23. The molecule has 1 N–H and O–H groups in total. The molecule has 0 saturated carbocycles. The molecule has 0 radical (unpaired) electrons. The van der Waals surface area contributed by atoms with Crippen LogP contribution in [0, 0.1) is 5.92 Å². The number of rotatable bonds is 6. The SMILES string of the molecule is CCNC(c1ccccc1Cl)C(CC)CC. The Morgan fingerprint density at radius 1 is 1.12 bits per heavy atom. The average molecular weight is 240 g/mol. The molecule has 0 heterocycles. The zero-order valence-electron chi connectivity index (χ0n) is 10.5. The first-order valence-corrected chi connectivity index (χ1v) is 6.60. The topological polar surface area (TPSA) is 12.0 Å². The predicted octanol–water partition coefficient (Wildman–Crippen LogP) is 4.43. The van der Waals surface area contributed by atoms with Crippen molar-refractivity contribution in [1.82, 2.24) is 5.32 Å². The van der Waals surface area contributed by atoms with E-state index in [1.807, 2.05) is 12.1 Å². The Morgan fingerprint density at radius 3 is 2.25 bits per heavy atom. The van der Waals surface area contributed by atoms with Gasteiger partial charge in [0.05, 0.1) is 0 Å². The van der Waals surface area contributed by atoms with Gasteiger partial charge in [-0.1, -0.05) is 63.4 Å². The van der Waals surface area contributed by atoms with E-state index in [9.17, 15) is 0 Å². The van der Waals surface area contributed by atoms with Crippen LogP contribution < -0.4 is 5.32 Å². The summed E-state index contributed by atoms with van der Waals surface area (Å²) in [6.07, 6.45) is 2.36. The maximum absolute atomic E-state index is 6.27. The molecule has 0 spiro atoms. The molecular formula is C14H22ClN. The van der Waals surface area contributed by atoms with Gasteiger partial charge in [0.1, 0.15) is 0 Å². The van der Waals surface area contributed by atoms with Gasteiger partial charge >= 0.3 is 0 Å². The Morgan fingerprint density at radius 2 is 1.75 bits per heavy atom. The van der Waals surface area contributed by atoms with Crippen LogP contribution in [0.25, 0.3) is 0 Å². The highest BCUT2D eigenvalue weighted by atomic mass is 35.5. The molecule has 2 heteroatoms. The van der Waals surface area contributed by atoms with Gasteiger partial charge in [0, 0.05) is 11.1 Å². The quantitative estimate of drug-likeness (QED) is 0.775. The zero-order valence-corrected chi connectivity index (χ0v) is 11.2. The molecule has 0 aliphatic carbocycles. The Balaban J connectivity index is 2.97.